The fourth-order valence-corrected chi connectivity index (χ4v) is 5.88. The molecule has 214 valence electrons. The molecule has 0 atom stereocenters. The molecular weight excluding hydrogens is 577 g/mol. The maximum absolute atomic E-state index is 13.4. The molecule has 2 aromatic heterocycles. The van der Waals surface area contributed by atoms with Crippen molar-refractivity contribution in [2.45, 2.75) is 0 Å². The third-order valence-corrected chi connectivity index (χ3v) is 7.95. The number of methoxy groups -OCH3 is 3. The highest BCUT2D eigenvalue weighted by molar-refractivity contribution is 7.23. The number of thiazole rings is 2. The number of nitrogen functional groups attached to an aromatic ring is 1. The van der Waals surface area contributed by atoms with Gasteiger partial charge in [0, 0.05) is 40.5 Å². The molecule has 4 N–H and O–H groups in total. The molecule has 5 aromatic rings. The number of ether oxygens (including phenoxy) is 3. The number of carbonyl (C=O) groups excluding carboxylic acids is 1. The van der Waals surface area contributed by atoms with Crippen LogP contribution in [-0.4, -0.2) is 37.2 Å². The summed E-state index contributed by atoms with van der Waals surface area (Å²) in [4.78, 5) is 22.4. The average Bonchev–Trinajstić information content (AvgIpc) is 3.62. The van der Waals surface area contributed by atoms with Crippen LogP contribution in [0.1, 0.15) is 5.56 Å². The van der Waals surface area contributed by atoms with E-state index in [4.69, 9.17) is 24.9 Å². The van der Waals surface area contributed by atoms with Gasteiger partial charge in [-0.15, -0.1) is 11.3 Å². The number of nitrogens with zero attached hydrogens (tertiary/aromatic N) is 2. The predicted octanol–water partition coefficient (Wildman–Crippen LogP) is 7.08. The van der Waals surface area contributed by atoms with E-state index in [1.54, 1.807) is 57.7 Å². The van der Waals surface area contributed by atoms with Gasteiger partial charge in [-0.2, -0.15) is 0 Å². The molecule has 0 radical (unpaired) electrons. The first-order valence-electron chi connectivity index (χ1n) is 12.5. The molecule has 0 unspecified atom stereocenters. The van der Waals surface area contributed by atoms with Gasteiger partial charge in [0.2, 0.25) is 11.7 Å². The molecule has 1 amide bonds. The van der Waals surface area contributed by atoms with Crippen molar-refractivity contribution in [1.29, 1.82) is 0 Å². The Labute approximate surface area is 249 Å². The number of hydrogen-bond donors (Lipinski definition) is 3. The number of hydrogen-bond acceptors (Lipinski definition) is 10. The summed E-state index contributed by atoms with van der Waals surface area (Å²) in [5.74, 6) is 1.16. The van der Waals surface area contributed by atoms with E-state index in [2.05, 4.69) is 15.6 Å². The fourth-order valence-electron chi connectivity index (χ4n) is 4.05. The minimum absolute atomic E-state index is 0.333. The summed E-state index contributed by atoms with van der Waals surface area (Å²) in [6.07, 6.45) is 2.91. The largest absolute Gasteiger partial charge is 0.493 e. The second-order valence-electron chi connectivity index (χ2n) is 8.77. The maximum atomic E-state index is 13.4. The molecule has 0 aliphatic rings. The van der Waals surface area contributed by atoms with Crippen molar-refractivity contribution in [3.8, 4) is 38.4 Å². The van der Waals surface area contributed by atoms with Crippen molar-refractivity contribution in [3.05, 3.63) is 83.5 Å². The van der Waals surface area contributed by atoms with Gasteiger partial charge in [0.05, 0.1) is 27.0 Å². The minimum Gasteiger partial charge on any atom is -0.493 e. The van der Waals surface area contributed by atoms with Gasteiger partial charge in [-0.1, -0.05) is 35.6 Å². The van der Waals surface area contributed by atoms with E-state index in [9.17, 15) is 9.18 Å². The lowest BCUT2D eigenvalue weighted by Crippen LogP contribution is -2.07. The monoisotopic (exact) mass is 603 g/mol. The number of nitrogens with two attached hydrogens (primary N) is 1. The summed E-state index contributed by atoms with van der Waals surface area (Å²) in [6, 6.07) is 16.9. The second-order valence-corrected chi connectivity index (χ2v) is 10.6. The molecule has 12 heteroatoms. The number of amides is 1. The Hall–Kier alpha value is -4.94. The average molecular weight is 604 g/mol. The van der Waals surface area contributed by atoms with Crippen LogP contribution in [0.25, 0.3) is 27.2 Å². The van der Waals surface area contributed by atoms with E-state index >= 15 is 0 Å². The lowest BCUT2D eigenvalue weighted by Gasteiger charge is -2.14. The van der Waals surface area contributed by atoms with Crippen LogP contribution in [0.3, 0.4) is 0 Å². The maximum Gasteiger partial charge on any atom is 0.248 e. The van der Waals surface area contributed by atoms with Crippen LogP contribution < -0.4 is 30.6 Å². The van der Waals surface area contributed by atoms with E-state index in [1.807, 2.05) is 23.6 Å². The molecule has 0 bridgehead atoms. The van der Waals surface area contributed by atoms with Gasteiger partial charge in [0.1, 0.15) is 21.5 Å². The highest BCUT2D eigenvalue weighted by Crippen LogP contribution is 2.43. The minimum atomic E-state index is -0.362. The number of carbonyl (C=O) groups is 1. The van der Waals surface area contributed by atoms with Gasteiger partial charge in [0.15, 0.2) is 16.6 Å². The smallest absolute Gasteiger partial charge is 0.248 e. The van der Waals surface area contributed by atoms with E-state index < -0.39 is 0 Å². The number of nitrogens with one attached hydrogen (secondary N) is 2. The summed E-state index contributed by atoms with van der Waals surface area (Å²) >= 11 is 2.81. The third-order valence-electron chi connectivity index (χ3n) is 5.97. The first-order valence-corrected chi connectivity index (χ1v) is 14.2. The number of benzene rings is 3. The van der Waals surface area contributed by atoms with E-state index in [-0.39, 0.29) is 11.7 Å². The molecule has 0 saturated carbocycles. The molecule has 5 rings (SSSR count). The lowest BCUT2D eigenvalue weighted by molar-refractivity contribution is -0.111. The van der Waals surface area contributed by atoms with Crippen LogP contribution in [0.2, 0.25) is 0 Å². The Kier molecular flexibility index (Phi) is 8.65. The summed E-state index contributed by atoms with van der Waals surface area (Å²) in [6.45, 7) is 0. The molecule has 0 saturated heterocycles. The third kappa shape index (κ3) is 6.51. The number of anilines is 4. The van der Waals surface area contributed by atoms with Gasteiger partial charge in [-0.3, -0.25) is 4.79 Å². The molecule has 3 aromatic carbocycles. The molecule has 9 nitrogen and oxygen atoms in total. The Morgan fingerprint density at radius 1 is 0.952 bits per heavy atom. The molecule has 42 heavy (non-hydrogen) atoms. The van der Waals surface area contributed by atoms with Crippen LogP contribution in [0, 0.1) is 5.82 Å². The second kappa shape index (κ2) is 12.7. The molecule has 0 fully saturated rings. The van der Waals surface area contributed by atoms with Crippen LogP contribution >= 0.6 is 22.7 Å². The van der Waals surface area contributed by atoms with Crippen molar-refractivity contribution in [2.75, 3.05) is 37.7 Å². The van der Waals surface area contributed by atoms with Crippen molar-refractivity contribution >= 4 is 57.0 Å². The van der Waals surface area contributed by atoms with Crippen molar-refractivity contribution in [2.24, 2.45) is 0 Å². The van der Waals surface area contributed by atoms with Crippen molar-refractivity contribution < 1.29 is 23.4 Å². The standard InChI is InChI=1S/C30H26FN5O4S2/c1-38-23-14-21(15-24(39-2)26(23)40-3)34-30-36-28(32)27(42-30)29-35-22(16-41-29)18-7-5-9-20(13-18)33-25(37)11-10-17-6-4-8-19(31)12-17/h4-16H,32H2,1-3H3,(H,33,37)(H,34,36)/b11-10+. The summed E-state index contributed by atoms with van der Waals surface area (Å²) in [7, 11) is 4.65. The summed E-state index contributed by atoms with van der Waals surface area (Å²) in [5, 5.41) is 9.29. The van der Waals surface area contributed by atoms with E-state index in [1.165, 1.54) is 40.9 Å². The Morgan fingerprint density at radius 2 is 1.71 bits per heavy atom. The van der Waals surface area contributed by atoms with Gasteiger partial charge in [0.25, 0.3) is 0 Å². The Morgan fingerprint density at radius 3 is 2.43 bits per heavy atom. The van der Waals surface area contributed by atoms with Crippen LogP contribution in [0.15, 0.2) is 72.1 Å². The molecule has 0 spiro atoms. The highest BCUT2D eigenvalue weighted by Gasteiger charge is 2.18. The van der Waals surface area contributed by atoms with E-state index in [0.29, 0.717) is 50.1 Å². The summed E-state index contributed by atoms with van der Waals surface area (Å²) < 4.78 is 29.6. The zero-order valence-corrected chi connectivity index (χ0v) is 24.4. The van der Waals surface area contributed by atoms with Crippen molar-refractivity contribution in [1.82, 2.24) is 9.97 Å². The SMILES string of the molecule is COc1cc(Nc2nc(N)c(-c3nc(-c4cccc(NC(=O)/C=C/c5cccc(F)c5)c4)cs3)s2)cc(OC)c1OC. The molecule has 0 aliphatic carbocycles. The van der Waals surface area contributed by atoms with Crippen LogP contribution in [0.5, 0.6) is 17.2 Å². The molecule has 2 heterocycles. The fraction of sp³-hybridized carbons (Fsp3) is 0.100. The van der Waals surface area contributed by atoms with Gasteiger partial charge in [-0.05, 0) is 35.9 Å². The quantitative estimate of drug-likeness (QED) is 0.145. The molecular formula is C30H26FN5O4S2. The van der Waals surface area contributed by atoms with Crippen LogP contribution in [-0.2, 0) is 4.79 Å². The number of halogens is 1. The highest BCUT2D eigenvalue weighted by atomic mass is 32.1. The zero-order chi connectivity index (χ0) is 29.6. The topological polar surface area (TPSA) is 121 Å². The van der Waals surface area contributed by atoms with E-state index in [0.717, 1.165) is 16.1 Å². The first kappa shape index (κ1) is 28.6. The lowest BCUT2D eigenvalue weighted by atomic mass is 10.1. The number of aromatic nitrogens is 2. The van der Waals surface area contributed by atoms with Crippen molar-refractivity contribution in [3.63, 3.8) is 0 Å². The first-order chi connectivity index (χ1) is 20.4. The van der Waals surface area contributed by atoms with Crippen LogP contribution in [0.4, 0.5) is 26.7 Å². The van der Waals surface area contributed by atoms with Gasteiger partial charge >= 0.3 is 0 Å². The summed E-state index contributed by atoms with van der Waals surface area (Å²) in [5.41, 5.74) is 9.71. The molecule has 0 aliphatic heterocycles. The predicted molar refractivity (Wildman–Crippen MR) is 167 cm³/mol. The zero-order valence-electron chi connectivity index (χ0n) is 22.8. The van der Waals surface area contributed by atoms with Gasteiger partial charge < -0.3 is 30.6 Å². The Bertz CT molecular complexity index is 1740. The number of rotatable bonds is 10. The van der Waals surface area contributed by atoms with Gasteiger partial charge in [-0.25, -0.2) is 14.4 Å². The normalized spacial score (nSPS) is 11.0. The Balaban J connectivity index is 1.31.